The number of para-hydroxylation sites is 1. The number of aromatic nitrogens is 2. The fourth-order valence-electron chi connectivity index (χ4n) is 4.22. The predicted molar refractivity (Wildman–Crippen MR) is 116 cm³/mol. The van der Waals surface area contributed by atoms with Crippen molar-refractivity contribution in [2.24, 2.45) is 5.92 Å². The van der Waals surface area contributed by atoms with Gasteiger partial charge in [0.2, 0.25) is 0 Å². The third-order valence-electron chi connectivity index (χ3n) is 5.86. The summed E-state index contributed by atoms with van der Waals surface area (Å²) >= 11 is 0. The Kier molecular flexibility index (Phi) is 5.84. The maximum atomic E-state index is 12.5. The van der Waals surface area contributed by atoms with Crippen LogP contribution in [0.15, 0.2) is 48.5 Å². The summed E-state index contributed by atoms with van der Waals surface area (Å²) in [6.45, 7) is 3.82. The molecule has 0 aliphatic heterocycles. The number of esters is 1. The lowest BCUT2D eigenvalue weighted by molar-refractivity contribution is -0.125. The van der Waals surface area contributed by atoms with Crippen molar-refractivity contribution >= 4 is 22.9 Å². The van der Waals surface area contributed by atoms with Gasteiger partial charge < -0.3 is 10.1 Å². The van der Waals surface area contributed by atoms with Gasteiger partial charge in [-0.25, -0.2) is 9.78 Å². The molecule has 156 valence electrons. The smallest absolute Gasteiger partial charge is 0.338 e. The first kappa shape index (κ1) is 20.1. The number of aryl methyl sites for hydroxylation is 1. The molecule has 4 rings (SSSR count). The van der Waals surface area contributed by atoms with Crippen LogP contribution in [0, 0.1) is 12.8 Å². The lowest BCUT2D eigenvalue weighted by atomic mass is 9.86. The molecule has 6 nitrogen and oxygen atoms in total. The first-order valence-electron chi connectivity index (χ1n) is 10.5. The molecule has 0 saturated heterocycles. The second-order valence-electron chi connectivity index (χ2n) is 8.05. The third kappa shape index (κ3) is 4.22. The van der Waals surface area contributed by atoms with Crippen LogP contribution >= 0.6 is 0 Å². The Morgan fingerprint density at radius 3 is 2.67 bits per heavy atom. The van der Waals surface area contributed by atoms with Crippen LogP contribution in [0.3, 0.4) is 0 Å². The van der Waals surface area contributed by atoms with Crippen LogP contribution in [-0.2, 0) is 9.53 Å². The van der Waals surface area contributed by atoms with Crippen LogP contribution in [0.5, 0.6) is 0 Å². The summed E-state index contributed by atoms with van der Waals surface area (Å²) < 4.78 is 7.30. The monoisotopic (exact) mass is 405 g/mol. The largest absolute Gasteiger partial charge is 0.452 e. The van der Waals surface area contributed by atoms with Gasteiger partial charge in [0.15, 0.2) is 6.61 Å². The Labute approximate surface area is 176 Å². The molecule has 30 heavy (non-hydrogen) atoms. The molecule has 3 aromatic rings. The maximum Gasteiger partial charge on any atom is 0.338 e. The zero-order chi connectivity index (χ0) is 21.1. The molecule has 0 radical (unpaired) electrons. The van der Waals surface area contributed by atoms with Gasteiger partial charge in [0, 0.05) is 11.7 Å². The molecule has 0 spiro atoms. The Morgan fingerprint density at radius 2 is 1.90 bits per heavy atom. The van der Waals surface area contributed by atoms with E-state index >= 15 is 0 Å². The average Bonchev–Trinajstić information content (AvgIpc) is 3.09. The molecule has 1 heterocycles. The highest BCUT2D eigenvalue weighted by Crippen LogP contribution is 2.24. The Bertz CT molecular complexity index is 1060. The van der Waals surface area contributed by atoms with E-state index < -0.39 is 5.97 Å². The molecular weight excluding hydrogens is 378 g/mol. The van der Waals surface area contributed by atoms with E-state index in [1.807, 2.05) is 47.9 Å². The van der Waals surface area contributed by atoms with Crippen molar-refractivity contribution in [2.45, 2.75) is 45.6 Å². The van der Waals surface area contributed by atoms with Crippen molar-refractivity contribution in [1.29, 1.82) is 0 Å². The second-order valence-corrected chi connectivity index (χ2v) is 8.05. The normalized spacial score (nSPS) is 18.9. The minimum absolute atomic E-state index is 0.172. The molecule has 1 aromatic heterocycles. The minimum atomic E-state index is -0.518. The van der Waals surface area contributed by atoms with E-state index in [0.29, 0.717) is 17.0 Å². The van der Waals surface area contributed by atoms with Gasteiger partial charge in [-0.1, -0.05) is 38.0 Å². The molecule has 1 fully saturated rings. The fraction of sp³-hybridized carbons (Fsp3) is 0.375. The number of hydrogen-bond donors (Lipinski definition) is 1. The first-order chi connectivity index (χ1) is 14.5. The molecular formula is C24H27N3O3. The average molecular weight is 405 g/mol. The van der Waals surface area contributed by atoms with Crippen molar-refractivity contribution in [3.63, 3.8) is 0 Å². The topological polar surface area (TPSA) is 73.2 Å². The lowest BCUT2D eigenvalue weighted by Gasteiger charge is -2.29. The van der Waals surface area contributed by atoms with E-state index in [9.17, 15) is 9.59 Å². The van der Waals surface area contributed by atoms with Crippen LogP contribution in [0.2, 0.25) is 0 Å². The highest BCUT2D eigenvalue weighted by Gasteiger charge is 2.23. The molecule has 1 N–H and O–H groups in total. The number of amides is 1. The zero-order valence-corrected chi connectivity index (χ0v) is 17.4. The molecule has 1 saturated carbocycles. The maximum absolute atomic E-state index is 12.5. The SMILES string of the molecule is Cc1nc2cc(C(=O)OCC(=O)N[C@@H]3CCCC[C@H]3C)ccc2n1-c1ccccc1. The van der Waals surface area contributed by atoms with Crippen molar-refractivity contribution in [2.75, 3.05) is 6.61 Å². The standard InChI is InChI=1S/C24H27N3O3/c1-16-8-6-7-11-20(16)26-23(28)15-30-24(29)18-12-13-22-21(14-18)25-17(2)27(22)19-9-4-3-5-10-19/h3-5,9-10,12-14,16,20H,6-8,11,15H2,1-2H3,(H,26,28)/t16-,20-/m1/s1. The number of hydrogen-bond acceptors (Lipinski definition) is 4. The van der Waals surface area contributed by atoms with Crippen LogP contribution in [0.25, 0.3) is 16.7 Å². The van der Waals surface area contributed by atoms with Gasteiger partial charge >= 0.3 is 5.97 Å². The number of carbonyl (C=O) groups is 2. The number of rotatable bonds is 5. The summed E-state index contributed by atoms with van der Waals surface area (Å²) in [4.78, 5) is 29.3. The molecule has 1 aliphatic carbocycles. The van der Waals surface area contributed by atoms with Crippen molar-refractivity contribution in [3.05, 3.63) is 59.9 Å². The van der Waals surface area contributed by atoms with Gasteiger partial charge in [-0.3, -0.25) is 9.36 Å². The van der Waals surface area contributed by atoms with Gasteiger partial charge in [0.25, 0.3) is 5.91 Å². The van der Waals surface area contributed by atoms with Gasteiger partial charge in [0.05, 0.1) is 16.6 Å². The van der Waals surface area contributed by atoms with Crippen LogP contribution in [0.1, 0.15) is 48.8 Å². The van der Waals surface area contributed by atoms with Crippen LogP contribution < -0.4 is 5.32 Å². The predicted octanol–water partition coefficient (Wildman–Crippen LogP) is 4.19. The summed E-state index contributed by atoms with van der Waals surface area (Å²) in [5, 5.41) is 3.00. The first-order valence-corrected chi connectivity index (χ1v) is 10.5. The van der Waals surface area contributed by atoms with Gasteiger partial charge in [-0.15, -0.1) is 0 Å². The number of carbonyl (C=O) groups excluding carboxylic acids is 2. The number of fused-ring (bicyclic) bond motifs is 1. The molecule has 1 aliphatic rings. The van der Waals surface area contributed by atoms with Gasteiger partial charge in [0.1, 0.15) is 5.82 Å². The number of benzene rings is 2. The third-order valence-corrected chi connectivity index (χ3v) is 5.86. The molecule has 6 heteroatoms. The highest BCUT2D eigenvalue weighted by molar-refractivity contribution is 5.95. The number of nitrogens with zero attached hydrogens (tertiary/aromatic N) is 2. The van der Waals surface area contributed by atoms with Gasteiger partial charge in [-0.05, 0) is 56.0 Å². The van der Waals surface area contributed by atoms with Gasteiger partial charge in [-0.2, -0.15) is 0 Å². The summed E-state index contributed by atoms with van der Waals surface area (Å²) in [5.74, 6) is 0.537. The van der Waals surface area contributed by atoms with Crippen molar-refractivity contribution < 1.29 is 14.3 Å². The van der Waals surface area contributed by atoms with E-state index in [1.54, 1.807) is 12.1 Å². The van der Waals surface area contributed by atoms with Crippen LogP contribution in [0.4, 0.5) is 0 Å². The summed E-state index contributed by atoms with van der Waals surface area (Å²) in [5.41, 5.74) is 3.03. The van der Waals surface area contributed by atoms with E-state index in [1.165, 1.54) is 6.42 Å². The van der Waals surface area contributed by atoms with Crippen molar-refractivity contribution in [3.8, 4) is 5.69 Å². The number of ether oxygens (including phenoxy) is 1. The van der Waals surface area contributed by atoms with E-state index in [4.69, 9.17) is 4.74 Å². The fourth-order valence-corrected chi connectivity index (χ4v) is 4.22. The summed E-state index contributed by atoms with van der Waals surface area (Å²) in [7, 11) is 0. The molecule has 2 aromatic carbocycles. The molecule has 0 bridgehead atoms. The molecule has 0 unspecified atom stereocenters. The van der Waals surface area contributed by atoms with Crippen LogP contribution in [-0.4, -0.2) is 34.1 Å². The summed E-state index contributed by atoms with van der Waals surface area (Å²) in [6, 6.07) is 15.4. The number of imidazole rings is 1. The number of nitrogens with one attached hydrogen (secondary N) is 1. The zero-order valence-electron chi connectivity index (χ0n) is 17.4. The molecule has 2 atom stereocenters. The van der Waals surface area contributed by atoms with E-state index in [-0.39, 0.29) is 18.6 Å². The lowest BCUT2D eigenvalue weighted by Crippen LogP contribution is -2.42. The Balaban J connectivity index is 1.43. The summed E-state index contributed by atoms with van der Waals surface area (Å²) in [6.07, 6.45) is 4.45. The Morgan fingerprint density at radius 1 is 1.13 bits per heavy atom. The quantitative estimate of drug-likeness (QED) is 0.646. The Hall–Kier alpha value is -3.15. The van der Waals surface area contributed by atoms with Crippen molar-refractivity contribution in [1.82, 2.24) is 14.9 Å². The minimum Gasteiger partial charge on any atom is -0.452 e. The molecule has 1 amide bonds. The highest BCUT2D eigenvalue weighted by atomic mass is 16.5. The van der Waals surface area contributed by atoms with E-state index in [0.717, 1.165) is 36.3 Å². The van der Waals surface area contributed by atoms with E-state index in [2.05, 4.69) is 17.2 Å². The second kappa shape index (κ2) is 8.69.